The highest BCUT2D eigenvalue weighted by Crippen LogP contribution is 2.34. The highest BCUT2D eigenvalue weighted by atomic mass is 32.2. The zero-order valence-electron chi connectivity index (χ0n) is 18.8. The maximum Gasteiger partial charge on any atom is 0.355 e. The summed E-state index contributed by atoms with van der Waals surface area (Å²) in [5.41, 5.74) is -0.397. The quantitative estimate of drug-likeness (QED) is 0.302. The lowest BCUT2D eigenvalue weighted by Crippen LogP contribution is -2.33. The molecule has 0 fully saturated rings. The zero-order valence-corrected chi connectivity index (χ0v) is 20.4. The van der Waals surface area contributed by atoms with Gasteiger partial charge in [-0.1, -0.05) is 0 Å². The highest BCUT2D eigenvalue weighted by molar-refractivity contribution is 7.91. The number of carbonyl (C=O) groups is 2. The first kappa shape index (κ1) is 26.9. The number of aliphatic hydroxyl groups is 1. The fourth-order valence-corrected chi connectivity index (χ4v) is 5.01. The maximum atomic E-state index is 12.9. The standard InChI is InChI=1S/C20H20N4O10S2/c1-11-9-14(15(34-2)10-16(11)35(29,30)8-7-25)21-22-17-18(20(27)28)23-24(19(17)26)12-3-5-13(6-4-12)36(31,32)33/h3-6,9-10,17,25H,7-8H2,1-2H3,(H,27,28)(H,31,32,33). The number of carboxylic acid groups (broad SMARTS) is 1. The van der Waals surface area contributed by atoms with Crippen LogP contribution in [0.3, 0.4) is 0 Å². The van der Waals surface area contributed by atoms with Gasteiger partial charge in [-0.05, 0) is 42.8 Å². The first-order valence-electron chi connectivity index (χ1n) is 9.96. The third-order valence-corrected chi connectivity index (χ3v) is 7.66. The van der Waals surface area contributed by atoms with Crippen LogP contribution in [0.5, 0.6) is 5.75 Å². The predicted octanol–water partition coefficient (Wildman–Crippen LogP) is 0.956. The summed E-state index contributed by atoms with van der Waals surface area (Å²) in [6.07, 6.45) is 0. The van der Waals surface area contributed by atoms with E-state index in [4.69, 9.17) is 14.4 Å². The number of azo groups is 1. The molecule has 1 atom stereocenters. The molecular weight excluding hydrogens is 520 g/mol. The van der Waals surface area contributed by atoms with Gasteiger partial charge >= 0.3 is 5.97 Å². The van der Waals surface area contributed by atoms with Gasteiger partial charge in [0.15, 0.2) is 15.5 Å². The normalized spacial score (nSPS) is 16.4. The van der Waals surface area contributed by atoms with Crippen LogP contribution in [0, 0.1) is 6.92 Å². The van der Waals surface area contributed by atoms with Crippen LogP contribution in [0.4, 0.5) is 11.4 Å². The van der Waals surface area contributed by atoms with Crippen LogP contribution in [-0.4, -0.2) is 74.7 Å². The topological polar surface area (TPSA) is 213 Å². The van der Waals surface area contributed by atoms with E-state index in [1.54, 1.807) is 0 Å². The van der Waals surface area contributed by atoms with Crippen LogP contribution < -0.4 is 9.75 Å². The smallest absolute Gasteiger partial charge is 0.355 e. The van der Waals surface area contributed by atoms with Crippen molar-refractivity contribution < 1.29 is 45.9 Å². The summed E-state index contributed by atoms with van der Waals surface area (Å²) in [6, 6.07) is 5.11. The number of carboxylic acids is 1. The van der Waals surface area contributed by atoms with E-state index in [2.05, 4.69) is 15.3 Å². The summed E-state index contributed by atoms with van der Waals surface area (Å²) >= 11 is 0. The van der Waals surface area contributed by atoms with Gasteiger partial charge in [0.2, 0.25) is 6.04 Å². The average molecular weight is 541 g/mol. The van der Waals surface area contributed by atoms with Crippen LogP contribution in [0.1, 0.15) is 5.56 Å². The largest absolute Gasteiger partial charge is 0.494 e. The van der Waals surface area contributed by atoms with Crippen LogP contribution in [0.15, 0.2) is 61.5 Å². The van der Waals surface area contributed by atoms with Crippen molar-refractivity contribution in [1.29, 1.82) is 0 Å². The number of sulfone groups is 1. The molecule has 192 valence electrons. The van der Waals surface area contributed by atoms with Crippen molar-refractivity contribution in [2.75, 3.05) is 24.5 Å². The van der Waals surface area contributed by atoms with Gasteiger partial charge in [0.25, 0.3) is 16.0 Å². The van der Waals surface area contributed by atoms with E-state index in [1.807, 2.05) is 0 Å². The summed E-state index contributed by atoms with van der Waals surface area (Å²) in [7, 11) is -7.05. The first-order chi connectivity index (χ1) is 16.8. The molecule has 3 N–H and O–H groups in total. The molecule has 2 aromatic rings. The molecule has 1 unspecified atom stereocenters. The number of nitrogens with zero attached hydrogens (tertiary/aromatic N) is 4. The Balaban J connectivity index is 1.97. The molecule has 36 heavy (non-hydrogen) atoms. The van der Waals surface area contributed by atoms with Crippen molar-refractivity contribution >= 4 is 48.9 Å². The van der Waals surface area contributed by atoms with Crippen LogP contribution in [0.2, 0.25) is 0 Å². The highest BCUT2D eigenvalue weighted by Gasteiger charge is 2.41. The molecule has 0 saturated carbocycles. The summed E-state index contributed by atoms with van der Waals surface area (Å²) in [5.74, 6) is -3.00. The number of rotatable bonds is 9. The molecule has 1 amide bonds. The Kier molecular flexibility index (Phi) is 7.54. The molecule has 3 rings (SSSR count). The Bertz CT molecular complexity index is 1480. The number of carbonyl (C=O) groups excluding carboxylic acids is 1. The first-order valence-corrected chi connectivity index (χ1v) is 13.1. The Hall–Kier alpha value is -3.73. The minimum Gasteiger partial charge on any atom is -0.494 e. The van der Waals surface area contributed by atoms with Crippen molar-refractivity contribution in [2.24, 2.45) is 15.3 Å². The molecule has 0 aliphatic carbocycles. The second-order valence-electron chi connectivity index (χ2n) is 7.36. The maximum absolute atomic E-state index is 12.9. The van der Waals surface area contributed by atoms with E-state index in [0.717, 1.165) is 24.3 Å². The third kappa shape index (κ3) is 5.40. The SMILES string of the molecule is COc1cc(S(=O)(=O)CCO)c(C)cc1N=NC1C(=O)N(c2ccc(S(=O)(=O)O)cc2)N=C1C(=O)O. The van der Waals surface area contributed by atoms with Crippen molar-refractivity contribution in [3.8, 4) is 5.75 Å². The summed E-state index contributed by atoms with van der Waals surface area (Å²) in [5, 5.41) is 30.7. The zero-order chi connectivity index (χ0) is 26.8. The van der Waals surface area contributed by atoms with E-state index in [9.17, 15) is 31.5 Å². The second kappa shape index (κ2) is 10.1. The number of benzene rings is 2. The molecule has 0 saturated heterocycles. The molecule has 0 bridgehead atoms. The number of amides is 1. The van der Waals surface area contributed by atoms with Crippen LogP contribution in [-0.2, 0) is 29.5 Å². The van der Waals surface area contributed by atoms with Gasteiger partial charge in [-0.25, -0.2) is 13.2 Å². The average Bonchev–Trinajstić information content (AvgIpc) is 3.13. The monoisotopic (exact) mass is 540 g/mol. The number of aryl methyl sites for hydroxylation is 1. The van der Waals surface area contributed by atoms with Gasteiger partial charge in [-0.3, -0.25) is 9.35 Å². The number of hydrazone groups is 1. The van der Waals surface area contributed by atoms with Gasteiger partial charge in [0.1, 0.15) is 11.4 Å². The van der Waals surface area contributed by atoms with E-state index < -0.39 is 60.8 Å². The van der Waals surface area contributed by atoms with Gasteiger partial charge in [-0.2, -0.15) is 28.8 Å². The number of hydrogen-bond acceptors (Lipinski definition) is 11. The lowest BCUT2D eigenvalue weighted by Gasteiger charge is -2.13. The Morgan fingerprint density at radius 1 is 1.17 bits per heavy atom. The number of anilines is 1. The second-order valence-corrected chi connectivity index (χ2v) is 10.9. The molecule has 0 aromatic heterocycles. The molecular formula is C20H20N4O10S2. The fraction of sp³-hybridized carbons (Fsp3) is 0.250. The van der Waals surface area contributed by atoms with E-state index in [-0.39, 0.29) is 27.6 Å². The molecule has 1 aliphatic rings. The summed E-state index contributed by atoms with van der Waals surface area (Å²) in [4.78, 5) is 24.0. The number of aliphatic hydroxyl groups excluding tert-OH is 1. The molecule has 14 nitrogen and oxygen atoms in total. The summed E-state index contributed by atoms with van der Waals surface area (Å²) in [6.45, 7) is 0.896. The van der Waals surface area contributed by atoms with E-state index in [0.29, 0.717) is 5.01 Å². The van der Waals surface area contributed by atoms with Gasteiger partial charge in [0.05, 0.1) is 34.9 Å². The van der Waals surface area contributed by atoms with Crippen molar-refractivity contribution in [3.63, 3.8) is 0 Å². The van der Waals surface area contributed by atoms with E-state index in [1.165, 1.54) is 26.2 Å². The van der Waals surface area contributed by atoms with Crippen molar-refractivity contribution in [1.82, 2.24) is 0 Å². The lowest BCUT2D eigenvalue weighted by molar-refractivity contribution is -0.130. The number of hydrogen-bond donors (Lipinski definition) is 3. The van der Waals surface area contributed by atoms with Crippen LogP contribution >= 0.6 is 0 Å². The van der Waals surface area contributed by atoms with Crippen LogP contribution in [0.25, 0.3) is 0 Å². The molecule has 0 radical (unpaired) electrons. The van der Waals surface area contributed by atoms with Crippen molar-refractivity contribution in [2.45, 2.75) is 22.8 Å². The van der Waals surface area contributed by atoms with Crippen molar-refractivity contribution in [3.05, 3.63) is 42.0 Å². The lowest BCUT2D eigenvalue weighted by atomic mass is 10.2. The molecule has 0 spiro atoms. The van der Waals surface area contributed by atoms with Gasteiger partial charge in [-0.15, -0.1) is 0 Å². The Morgan fingerprint density at radius 2 is 1.81 bits per heavy atom. The minimum atomic E-state index is -4.49. The summed E-state index contributed by atoms with van der Waals surface area (Å²) < 4.78 is 61.4. The Labute approximate surface area is 205 Å². The predicted molar refractivity (Wildman–Crippen MR) is 124 cm³/mol. The Morgan fingerprint density at radius 3 is 2.33 bits per heavy atom. The van der Waals surface area contributed by atoms with Gasteiger partial charge in [0, 0.05) is 6.07 Å². The van der Waals surface area contributed by atoms with Gasteiger partial charge < -0.3 is 14.9 Å². The molecule has 16 heteroatoms. The molecule has 2 aromatic carbocycles. The fourth-order valence-electron chi connectivity index (χ4n) is 3.23. The molecule has 1 aliphatic heterocycles. The number of methoxy groups -OCH3 is 1. The number of ether oxygens (including phenoxy) is 1. The number of aliphatic carboxylic acids is 1. The molecule has 1 heterocycles. The third-order valence-electron chi connectivity index (χ3n) is 4.96. The van der Waals surface area contributed by atoms with E-state index >= 15 is 0 Å². The minimum absolute atomic E-state index is 0.00597.